The summed E-state index contributed by atoms with van der Waals surface area (Å²) in [7, 11) is 0. The van der Waals surface area contributed by atoms with Crippen LogP contribution in [-0.4, -0.2) is 39.6 Å². The van der Waals surface area contributed by atoms with Crippen molar-refractivity contribution in [3.05, 3.63) is 64.7 Å². The van der Waals surface area contributed by atoms with Crippen LogP contribution >= 0.6 is 0 Å². The Hall–Kier alpha value is -3.79. The molecule has 0 unspecified atom stereocenters. The van der Waals surface area contributed by atoms with Crippen LogP contribution in [0.15, 0.2) is 42.5 Å². The molecule has 0 aliphatic heterocycles. The molecule has 7 heteroatoms. The van der Waals surface area contributed by atoms with Crippen molar-refractivity contribution in [2.75, 3.05) is 6.61 Å². The molecule has 2 N–H and O–H groups in total. The molecule has 0 aliphatic carbocycles. The number of carboxylic acid groups (broad SMARTS) is 2. The zero-order chi connectivity index (χ0) is 26.3. The summed E-state index contributed by atoms with van der Waals surface area (Å²) >= 11 is 0. The van der Waals surface area contributed by atoms with E-state index in [1.807, 2.05) is 24.3 Å². The van der Waals surface area contributed by atoms with Crippen LogP contribution in [0, 0.1) is 11.8 Å². The molecule has 0 radical (unpaired) electrons. The SMILES string of the molecule is CCCCCCCCC#Cc1ccc(CN(Cc2ccc(OCC(=O)O)c(C(=O)O)c2)C(C)=O)cc1. The molecule has 0 atom stereocenters. The third kappa shape index (κ3) is 10.2. The van der Waals surface area contributed by atoms with Crippen molar-refractivity contribution in [2.45, 2.75) is 71.9 Å². The summed E-state index contributed by atoms with van der Waals surface area (Å²) in [6.45, 7) is 3.60. The van der Waals surface area contributed by atoms with Gasteiger partial charge in [0, 0.05) is 32.0 Å². The molecule has 0 saturated heterocycles. The van der Waals surface area contributed by atoms with Crippen LogP contribution in [0.4, 0.5) is 0 Å². The van der Waals surface area contributed by atoms with Gasteiger partial charge in [-0.15, -0.1) is 0 Å². The van der Waals surface area contributed by atoms with E-state index in [0.29, 0.717) is 12.1 Å². The highest BCUT2D eigenvalue weighted by atomic mass is 16.5. The van der Waals surface area contributed by atoms with Crippen LogP contribution in [0.2, 0.25) is 0 Å². The van der Waals surface area contributed by atoms with E-state index in [2.05, 4.69) is 18.8 Å². The Labute approximate surface area is 213 Å². The van der Waals surface area contributed by atoms with Gasteiger partial charge in [0.05, 0.1) is 0 Å². The quantitative estimate of drug-likeness (QED) is 0.266. The summed E-state index contributed by atoms with van der Waals surface area (Å²) in [5.74, 6) is 3.81. The number of hydrogen-bond donors (Lipinski definition) is 2. The molecular formula is C29H35NO6. The second-order valence-electron chi connectivity index (χ2n) is 8.71. The molecule has 0 spiro atoms. The van der Waals surface area contributed by atoms with E-state index in [-0.39, 0.29) is 23.8 Å². The Morgan fingerprint density at radius 2 is 1.53 bits per heavy atom. The van der Waals surface area contributed by atoms with Crippen molar-refractivity contribution in [3.8, 4) is 17.6 Å². The fraction of sp³-hybridized carbons (Fsp3) is 0.414. The number of hydrogen-bond acceptors (Lipinski definition) is 4. The first kappa shape index (κ1) is 28.4. The Morgan fingerprint density at radius 1 is 0.889 bits per heavy atom. The van der Waals surface area contributed by atoms with Crippen molar-refractivity contribution in [2.24, 2.45) is 0 Å². The highest BCUT2D eigenvalue weighted by molar-refractivity contribution is 5.91. The lowest BCUT2D eigenvalue weighted by atomic mass is 10.1. The molecule has 0 heterocycles. The second-order valence-corrected chi connectivity index (χ2v) is 8.71. The highest BCUT2D eigenvalue weighted by Gasteiger charge is 2.16. The van der Waals surface area contributed by atoms with Gasteiger partial charge in [-0.05, 0) is 41.8 Å². The molecule has 1 amide bonds. The number of carbonyl (C=O) groups excluding carboxylic acids is 1. The largest absolute Gasteiger partial charge is 0.481 e. The van der Waals surface area contributed by atoms with Crippen LogP contribution in [0.1, 0.15) is 85.8 Å². The minimum Gasteiger partial charge on any atom is -0.481 e. The second kappa shape index (κ2) is 15.3. The van der Waals surface area contributed by atoms with Crippen LogP contribution in [0.25, 0.3) is 0 Å². The van der Waals surface area contributed by atoms with Gasteiger partial charge in [0.15, 0.2) is 6.61 Å². The minimum absolute atomic E-state index is 0.0313. The Bertz CT molecular complexity index is 1080. The molecule has 2 aromatic carbocycles. The number of aromatic carboxylic acids is 1. The Morgan fingerprint density at radius 3 is 2.17 bits per heavy atom. The first-order valence-corrected chi connectivity index (χ1v) is 12.3. The van der Waals surface area contributed by atoms with E-state index in [0.717, 1.165) is 24.0 Å². The fourth-order valence-corrected chi connectivity index (χ4v) is 3.68. The Balaban J connectivity index is 1.97. The van der Waals surface area contributed by atoms with E-state index in [4.69, 9.17) is 9.84 Å². The van der Waals surface area contributed by atoms with Gasteiger partial charge in [-0.3, -0.25) is 4.79 Å². The van der Waals surface area contributed by atoms with Crippen molar-refractivity contribution in [1.82, 2.24) is 4.90 Å². The van der Waals surface area contributed by atoms with E-state index < -0.39 is 18.5 Å². The molecule has 0 aromatic heterocycles. The van der Waals surface area contributed by atoms with Gasteiger partial charge in [-0.2, -0.15) is 0 Å². The van der Waals surface area contributed by atoms with Gasteiger partial charge < -0.3 is 19.8 Å². The summed E-state index contributed by atoms with van der Waals surface area (Å²) in [6, 6.07) is 12.2. The molecule has 0 bridgehead atoms. The maximum atomic E-state index is 12.3. The van der Waals surface area contributed by atoms with Gasteiger partial charge in [0.1, 0.15) is 11.3 Å². The van der Waals surface area contributed by atoms with E-state index in [1.165, 1.54) is 51.2 Å². The Kier molecular flexibility index (Phi) is 12.1. The number of unbranched alkanes of at least 4 members (excludes halogenated alkanes) is 6. The molecular weight excluding hydrogens is 458 g/mol. The van der Waals surface area contributed by atoms with Gasteiger partial charge in [-0.25, -0.2) is 9.59 Å². The van der Waals surface area contributed by atoms with Gasteiger partial charge in [0.25, 0.3) is 0 Å². The number of benzene rings is 2. The number of aliphatic carboxylic acids is 1. The van der Waals surface area contributed by atoms with Crippen LogP contribution in [-0.2, 0) is 22.7 Å². The predicted molar refractivity (Wildman–Crippen MR) is 138 cm³/mol. The number of carbonyl (C=O) groups is 3. The lowest BCUT2D eigenvalue weighted by Gasteiger charge is -2.22. The van der Waals surface area contributed by atoms with Gasteiger partial charge in [0.2, 0.25) is 5.91 Å². The standard InChI is InChI=1S/C29H35NO6/c1-3-4-5-6-7-8-9-10-11-23-12-14-24(15-13-23)19-30(22(2)31)20-25-16-17-27(36-21-28(32)33)26(18-25)29(34)35/h12-18H,3-9,19-21H2,1-2H3,(H,32,33)(H,34,35). The third-order valence-corrected chi connectivity index (χ3v) is 5.66. The first-order chi connectivity index (χ1) is 17.3. The van der Waals surface area contributed by atoms with Crippen LogP contribution in [0.3, 0.4) is 0 Å². The average Bonchev–Trinajstić information content (AvgIpc) is 2.85. The summed E-state index contributed by atoms with van der Waals surface area (Å²) in [5, 5.41) is 18.2. The number of ether oxygens (including phenoxy) is 1. The first-order valence-electron chi connectivity index (χ1n) is 12.3. The molecule has 2 rings (SSSR count). The lowest BCUT2D eigenvalue weighted by Crippen LogP contribution is -2.27. The lowest BCUT2D eigenvalue weighted by molar-refractivity contribution is -0.139. The van der Waals surface area contributed by atoms with E-state index >= 15 is 0 Å². The van der Waals surface area contributed by atoms with E-state index in [1.54, 1.807) is 11.0 Å². The highest BCUT2D eigenvalue weighted by Crippen LogP contribution is 2.22. The summed E-state index contributed by atoms with van der Waals surface area (Å²) in [4.78, 5) is 36.2. The van der Waals surface area contributed by atoms with Crippen LogP contribution < -0.4 is 4.74 Å². The van der Waals surface area contributed by atoms with Crippen molar-refractivity contribution in [3.63, 3.8) is 0 Å². The monoisotopic (exact) mass is 493 g/mol. The van der Waals surface area contributed by atoms with E-state index in [9.17, 15) is 19.5 Å². The number of rotatable bonds is 14. The smallest absolute Gasteiger partial charge is 0.341 e. The molecule has 192 valence electrons. The molecule has 0 fully saturated rings. The maximum Gasteiger partial charge on any atom is 0.341 e. The zero-order valence-corrected chi connectivity index (χ0v) is 21.1. The van der Waals surface area contributed by atoms with Crippen molar-refractivity contribution < 1.29 is 29.3 Å². The summed E-state index contributed by atoms with van der Waals surface area (Å²) in [6.07, 6.45) is 8.37. The summed E-state index contributed by atoms with van der Waals surface area (Å²) < 4.78 is 5.06. The van der Waals surface area contributed by atoms with Gasteiger partial charge in [-0.1, -0.05) is 69.1 Å². The minimum atomic E-state index is -1.24. The third-order valence-electron chi connectivity index (χ3n) is 5.66. The van der Waals surface area contributed by atoms with Crippen LogP contribution in [0.5, 0.6) is 5.75 Å². The summed E-state index contributed by atoms with van der Waals surface area (Å²) in [5.41, 5.74) is 2.32. The topological polar surface area (TPSA) is 104 Å². The molecule has 7 nitrogen and oxygen atoms in total. The maximum absolute atomic E-state index is 12.3. The molecule has 0 saturated carbocycles. The average molecular weight is 494 g/mol. The molecule has 36 heavy (non-hydrogen) atoms. The zero-order valence-electron chi connectivity index (χ0n) is 21.1. The number of carboxylic acids is 2. The van der Waals surface area contributed by atoms with Gasteiger partial charge >= 0.3 is 11.9 Å². The number of amides is 1. The predicted octanol–water partition coefficient (Wildman–Crippen LogP) is 5.50. The van der Waals surface area contributed by atoms with Crippen molar-refractivity contribution in [1.29, 1.82) is 0 Å². The fourth-order valence-electron chi connectivity index (χ4n) is 3.68. The molecule has 2 aromatic rings. The molecule has 0 aliphatic rings. The normalized spacial score (nSPS) is 10.3. The van der Waals surface area contributed by atoms with Crippen molar-refractivity contribution >= 4 is 17.8 Å². The number of nitrogens with zero attached hydrogens (tertiary/aromatic N) is 1.